The van der Waals surface area contributed by atoms with E-state index in [-0.39, 0.29) is 24.9 Å². The predicted molar refractivity (Wildman–Crippen MR) is 54.4 cm³/mol. The van der Waals surface area contributed by atoms with Gasteiger partial charge in [0.25, 0.3) is 0 Å². The summed E-state index contributed by atoms with van der Waals surface area (Å²) in [6.45, 7) is 6.81. The van der Waals surface area contributed by atoms with E-state index in [9.17, 15) is 0 Å². The third kappa shape index (κ3) is 7.26. The molecule has 0 amide bonds. The summed E-state index contributed by atoms with van der Waals surface area (Å²) in [6.07, 6.45) is 0.00946. The van der Waals surface area contributed by atoms with Crippen LogP contribution in [0.2, 0.25) is 0 Å². The van der Waals surface area contributed by atoms with Gasteiger partial charge in [-0.25, -0.2) is 0 Å². The first-order valence-corrected chi connectivity index (χ1v) is 4.97. The minimum absolute atomic E-state index is 0.0293. The van der Waals surface area contributed by atoms with Gasteiger partial charge in [-0.3, -0.25) is 0 Å². The molecule has 0 rings (SSSR count). The molecule has 0 saturated carbocycles. The first-order chi connectivity index (χ1) is 6.60. The molecule has 0 unspecified atom stereocenters. The summed E-state index contributed by atoms with van der Waals surface area (Å²) in [5.41, 5.74) is 0. The van der Waals surface area contributed by atoms with Gasteiger partial charge in [0.15, 0.2) is 0 Å². The van der Waals surface area contributed by atoms with Crippen LogP contribution in [0.1, 0.15) is 20.8 Å². The zero-order chi connectivity index (χ0) is 11.0. The van der Waals surface area contributed by atoms with Crippen LogP contribution in [-0.4, -0.2) is 50.3 Å². The molecular formula is C10H22O4. The van der Waals surface area contributed by atoms with Gasteiger partial charge in [0.05, 0.1) is 38.1 Å². The summed E-state index contributed by atoms with van der Waals surface area (Å²) in [7, 11) is 1.66. The SMILES string of the molecule is CO[C@H](C)CO[C@@H](C)CO[C@H](C)CO. The van der Waals surface area contributed by atoms with Crippen molar-refractivity contribution in [2.75, 3.05) is 26.9 Å². The molecule has 86 valence electrons. The molecule has 0 fully saturated rings. The highest BCUT2D eigenvalue weighted by molar-refractivity contribution is 4.53. The van der Waals surface area contributed by atoms with Gasteiger partial charge >= 0.3 is 0 Å². The lowest BCUT2D eigenvalue weighted by Crippen LogP contribution is -2.25. The molecular weight excluding hydrogens is 184 g/mol. The molecule has 0 saturated heterocycles. The van der Waals surface area contributed by atoms with Crippen molar-refractivity contribution in [3.63, 3.8) is 0 Å². The Bertz CT molecular complexity index is 115. The largest absolute Gasteiger partial charge is 0.394 e. The highest BCUT2D eigenvalue weighted by atomic mass is 16.6. The average molecular weight is 206 g/mol. The maximum absolute atomic E-state index is 8.72. The molecule has 0 aliphatic rings. The normalized spacial score (nSPS) is 17.8. The van der Waals surface area contributed by atoms with Crippen molar-refractivity contribution in [3.05, 3.63) is 0 Å². The molecule has 1 N–H and O–H groups in total. The van der Waals surface area contributed by atoms with E-state index in [1.54, 1.807) is 7.11 Å². The predicted octanol–water partition coefficient (Wildman–Crippen LogP) is 0.824. The second-order valence-electron chi connectivity index (χ2n) is 3.52. The molecule has 0 aliphatic heterocycles. The summed E-state index contributed by atoms with van der Waals surface area (Å²) < 4.78 is 15.8. The fourth-order valence-corrected chi connectivity index (χ4v) is 0.768. The van der Waals surface area contributed by atoms with Crippen LogP contribution in [0.5, 0.6) is 0 Å². The second kappa shape index (κ2) is 8.17. The lowest BCUT2D eigenvalue weighted by Gasteiger charge is -2.18. The summed E-state index contributed by atoms with van der Waals surface area (Å²) in [5.74, 6) is 0. The zero-order valence-electron chi connectivity index (χ0n) is 9.53. The van der Waals surface area contributed by atoms with Gasteiger partial charge < -0.3 is 19.3 Å². The van der Waals surface area contributed by atoms with Gasteiger partial charge in [0.2, 0.25) is 0 Å². The van der Waals surface area contributed by atoms with E-state index in [2.05, 4.69) is 0 Å². The van der Waals surface area contributed by atoms with E-state index < -0.39 is 0 Å². The highest BCUT2D eigenvalue weighted by Crippen LogP contribution is 1.98. The molecule has 0 radical (unpaired) electrons. The van der Waals surface area contributed by atoms with Crippen molar-refractivity contribution in [1.82, 2.24) is 0 Å². The van der Waals surface area contributed by atoms with Crippen LogP contribution in [0.25, 0.3) is 0 Å². The van der Waals surface area contributed by atoms with Crippen molar-refractivity contribution in [2.45, 2.75) is 39.1 Å². The highest BCUT2D eigenvalue weighted by Gasteiger charge is 2.07. The molecule has 14 heavy (non-hydrogen) atoms. The lowest BCUT2D eigenvalue weighted by atomic mass is 10.4. The van der Waals surface area contributed by atoms with Gasteiger partial charge in [-0.2, -0.15) is 0 Å². The van der Waals surface area contributed by atoms with Gasteiger partial charge in [0.1, 0.15) is 0 Å². The van der Waals surface area contributed by atoms with Crippen molar-refractivity contribution >= 4 is 0 Å². The van der Waals surface area contributed by atoms with Crippen LogP contribution >= 0.6 is 0 Å². The third-order valence-electron chi connectivity index (χ3n) is 1.89. The van der Waals surface area contributed by atoms with Crippen molar-refractivity contribution < 1.29 is 19.3 Å². The van der Waals surface area contributed by atoms with E-state index >= 15 is 0 Å². The van der Waals surface area contributed by atoms with E-state index in [1.807, 2.05) is 20.8 Å². The van der Waals surface area contributed by atoms with Gasteiger partial charge in [-0.05, 0) is 20.8 Å². The third-order valence-corrected chi connectivity index (χ3v) is 1.89. The van der Waals surface area contributed by atoms with Crippen LogP contribution in [-0.2, 0) is 14.2 Å². The van der Waals surface area contributed by atoms with Crippen molar-refractivity contribution in [1.29, 1.82) is 0 Å². The Hall–Kier alpha value is -0.160. The van der Waals surface area contributed by atoms with E-state index in [1.165, 1.54) is 0 Å². The molecule has 4 heteroatoms. The minimum Gasteiger partial charge on any atom is -0.394 e. The van der Waals surface area contributed by atoms with Crippen molar-refractivity contribution in [2.24, 2.45) is 0 Å². The summed E-state index contributed by atoms with van der Waals surface area (Å²) in [6, 6.07) is 0. The number of aliphatic hydroxyl groups excluding tert-OH is 1. The topological polar surface area (TPSA) is 47.9 Å². The maximum Gasteiger partial charge on any atom is 0.0781 e. The number of methoxy groups -OCH3 is 1. The molecule has 0 heterocycles. The fraction of sp³-hybridized carbons (Fsp3) is 1.00. The molecule has 0 aromatic heterocycles. The standard InChI is InChI=1S/C10H22O4/c1-8(5-11)13-7-10(3)14-6-9(2)12-4/h8-11H,5-7H2,1-4H3/t8-,9-,10+/m1/s1. The van der Waals surface area contributed by atoms with E-state index in [0.29, 0.717) is 13.2 Å². The molecule has 0 aromatic rings. The zero-order valence-corrected chi connectivity index (χ0v) is 9.53. The summed E-state index contributed by atoms with van der Waals surface area (Å²) in [4.78, 5) is 0. The van der Waals surface area contributed by atoms with E-state index in [0.717, 1.165) is 0 Å². The number of ether oxygens (including phenoxy) is 3. The minimum atomic E-state index is -0.124. The molecule has 0 aromatic carbocycles. The Kier molecular flexibility index (Phi) is 8.08. The molecule has 4 nitrogen and oxygen atoms in total. The van der Waals surface area contributed by atoms with Gasteiger partial charge in [-0.1, -0.05) is 0 Å². The molecule has 0 spiro atoms. The number of rotatable bonds is 8. The van der Waals surface area contributed by atoms with E-state index in [4.69, 9.17) is 19.3 Å². The Morgan fingerprint density at radius 1 is 0.929 bits per heavy atom. The smallest absolute Gasteiger partial charge is 0.0781 e. The first kappa shape index (κ1) is 13.8. The number of aliphatic hydroxyl groups is 1. The quantitative estimate of drug-likeness (QED) is 0.639. The lowest BCUT2D eigenvalue weighted by molar-refractivity contribution is -0.0677. The first-order valence-electron chi connectivity index (χ1n) is 4.97. The van der Waals surface area contributed by atoms with Crippen LogP contribution in [0.15, 0.2) is 0 Å². The Morgan fingerprint density at radius 2 is 1.43 bits per heavy atom. The number of hydrogen-bond donors (Lipinski definition) is 1. The Labute approximate surface area is 86.2 Å². The Balaban J connectivity index is 3.40. The van der Waals surface area contributed by atoms with Crippen molar-refractivity contribution in [3.8, 4) is 0 Å². The van der Waals surface area contributed by atoms with Gasteiger partial charge in [-0.15, -0.1) is 0 Å². The molecule has 0 aliphatic carbocycles. The van der Waals surface area contributed by atoms with Crippen LogP contribution in [0.4, 0.5) is 0 Å². The maximum atomic E-state index is 8.72. The summed E-state index contributed by atoms with van der Waals surface area (Å²) >= 11 is 0. The Morgan fingerprint density at radius 3 is 1.93 bits per heavy atom. The molecule has 3 atom stereocenters. The average Bonchev–Trinajstić information content (AvgIpc) is 2.22. The monoisotopic (exact) mass is 206 g/mol. The fourth-order valence-electron chi connectivity index (χ4n) is 0.768. The van der Waals surface area contributed by atoms with Crippen LogP contribution in [0.3, 0.4) is 0 Å². The van der Waals surface area contributed by atoms with Crippen LogP contribution in [0, 0.1) is 0 Å². The van der Waals surface area contributed by atoms with Crippen LogP contribution < -0.4 is 0 Å². The second-order valence-corrected chi connectivity index (χ2v) is 3.52. The number of hydrogen-bond acceptors (Lipinski definition) is 4. The summed E-state index contributed by atoms with van der Waals surface area (Å²) in [5, 5.41) is 8.72. The molecule has 0 bridgehead atoms. The van der Waals surface area contributed by atoms with Gasteiger partial charge in [0, 0.05) is 7.11 Å².